The molecular formula is C13H23N3. The van der Waals surface area contributed by atoms with Crippen molar-refractivity contribution in [2.75, 3.05) is 19.6 Å². The molecule has 1 N–H and O–H groups in total. The molecule has 0 radical (unpaired) electrons. The van der Waals surface area contributed by atoms with Crippen molar-refractivity contribution >= 4 is 0 Å². The van der Waals surface area contributed by atoms with Gasteiger partial charge in [-0.1, -0.05) is 6.92 Å². The average Bonchev–Trinajstić information content (AvgIpc) is 2.95. The topological polar surface area (TPSA) is 39.1 Å². The minimum Gasteiger partial charge on any atom is -0.313 e. The maximum Gasteiger partial charge on any atom is 0.0975 e. The first-order valence-corrected chi connectivity index (χ1v) is 6.70. The molecule has 90 valence electrons. The molecular weight excluding hydrogens is 198 g/mol. The lowest BCUT2D eigenvalue weighted by atomic mass is 10.1. The van der Waals surface area contributed by atoms with E-state index in [0.717, 1.165) is 32.0 Å². The zero-order chi connectivity index (χ0) is 11.4. The Morgan fingerprint density at radius 1 is 1.38 bits per heavy atom. The van der Waals surface area contributed by atoms with Gasteiger partial charge in [0.2, 0.25) is 0 Å². The molecule has 0 aromatic carbocycles. The lowest BCUT2D eigenvalue weighted by Gasteiger charge is -2.29. The van der Waals surface area contributed by atoms with E-state index < -0.39 is 0 Å². The zero-order valence-electron chi connectivity index (χ0n) is 10.3. The molecule has 0 bridgehead atoms. The molecule has 16 heavy (non-hydrogen) atoms. The number of rotatable bonds is 6. The van der Waals surface area contributed by atoms with Gasteiger partial charge in [0, 0.05) is 19.1 Å². The van der Waals surface area contributed by atoms with E-state index in [0.29, 0.717) is 6.04 Å². The molecule has 2 rings (SSSR count). The maximum absolute atomic E-state index is 9.19. The van der Waals surface area contributed by atoms with E-state index in [1.165, 1.54) is 25.7 Å². The van der Waals surface area contributed by atoms with Crippen molar-refractivity contribution in [3.63, 3.8) is 0 Å². The Morgan fingerprint density at radius 3 is 2.69 bits per heavy atom. The minimum absolute atomic E-state index is 0.128. The smallest absolute Gasteiger partial charge is 0.0975 e. The van der Waals surface area contributed by atoms with E-state index in [-0.39, 0.29) is 6.04 Å². The molecule has 2 unspecified atom stereocenters. The molecule has 1 saturated carbocycles. The lowest BCUT2D eigenvalue weighted by molar-refractivity contribution is 0.201. The Morgan fingerprint density at radius 2 is 2.19 bits per heavy atom. The van der Waals surface area contributed by atoms with E-state index in [4.69, 9.17) is 0 Å². The van der Waals surface area contributed by atoms with Gasteiger partial charge in [-0.2, -0.15) is 5.26 Å². The summed E-state index contributed by atoms with van der Waals surface area (Å²) in [6.45, 7) is 5.49. The van der Waals surface area contributed by atoms with Crippen molar-refractivity contribution in [1.82, 2.24) is 10.2 Å². The van der Waals surface area contributed by atoms with Crippen LogP contribution in [0.1, 0.15) is 39.0 Å². The predicted octanol–water partition coefficient (Wildman–Crippen LogP) is 1.75. The van der Waals surface area contributed by atoms with Crippen molar-refractivity contribution in [3.05, 3.63) is 0 Å². The van der Waals surface area contributed by atoms with Gasteiger partial charge in [-0.05, 0) is 44.6 Å². The van der Waals surface area contributed by atoms with Crippen LogP contribution in [-0.4, -0.2) is 36.6 Å². The fourth-order valence-electron chi connectivity index (χ4n) is 2.59. The Labute approximate surface area is 98.8 Å². The highest BCUT2D eigenvalue weighted by Crippen LogP contribution is 2.30. The summed E-state index contributed by atoms with van der Waals surface area (Å²) in [5.41, 5.74) is 0. The third-order valence-corrected chi connectivity index (χ3v) is 3.78. The standard InChI is InChI=1S/C13H23N3/c1-2-13(8-14)16(9-11-5-6-11)10-12-4-3-7-15-12/h11-13,15H,2-7,9-10H2,1H3. The monoisotopic (exact) mass is 221 g/mol. The second-order valence-corrected chi connectivity index (χ2v) is 5.24. The van der Waals surface area contributed by atoms with Crippen molar-refractivity contribution in [2.24, 2.45) is 5.92 Å². The number of nitriles is 1. The van der Waals surface area contributed by atoms with Gasteiger partial charge in [-0.15, -0.1) is 0 Å². The molecule has 1 aliphatic carbocycles. The van der Waals surface area contributed by atoms with Crippen LogP contribution in [0.2, 0.25) is 0 Å². The van der Waals surface area contributed by atoms with Gasteiger partial charge < -0.3 is 5.32 Å². The number of hydrogen-bond donors (Lipinski definition) is 1. The molecule has 3 nitrogen and oxygen atoms in total. The Balaban J connectivity index is 1.87. The summed E-state index contributed by atoms with van der Waals surface area (Å²) in [5, 5.41) is 12.7. The van der Waals surface area contributed by atoms with Gasteiger partial charge in [0.15, 0.2) is 0 Å². The van der Waals surface area contributed by atoms with Gasteiger partial charge in [-0.3, -0.25) is 4.90 Å². The molecule has 0 spiro atoms. The van der Waals surface area contributed by atoms with Gasteiger partial charge in [0.1, 0.15) is 0 Å². The first-order valence-electron chi connectivity index (χ1n) is 6.70. The van der Waals surface area contributed by atoms with Crippen LogP contribution in [0.4, 0.5) is 0 Å². The first kappa shape index (κ1) is 11.9. The summed E-state index contributed by atoms with van der Waals surface area (Å²) in [6, 6.07) is 3.21. The Kier molecular flexibility index (Phi) is 4.20. The molecule has 2 atom stereocenters. The van der Waals surface area contributed by atoms with Gasteiger partial charge in [-0.25, -0.2) is 0 Å². The van der Waals surface area contributed by atoms with E-state index in [9.17, 15) is 5.26 Å². The summed E-state index contributed by atoms with van der Waals surface area (Å²) in [4.78, 5) is 2.42. The van der Waals surface area contributed by atoms with Gasteiger partial charge >= 0.3 is 0 Å². The molecule has 2 fully saturated rings. The van der Waals surface area contributed by atoms with Crippen molar-refractivity contribution in [1.29, 1.82) is 5.26 Å². The summed E-state index contributed by atoms with van der Waals surface area (Å²) >= 11 is 0. The van der Waals surface area contributed by atoms with Crippen molar-refractivity contribution in [2.45, 2.75) is 51.1 Å². The summed E-state index contributed by atoms with van der Waals surface area (Å²) < 4.78 is 0. The van der Waals surface area contributed by atoms with Crippen LogP contribution < -0.4 is 5.32 Å². The third kappa shape index (κ3) is 3.20. The average molecular weight is 221 g/mol. The molecule has 1 saturated heterocycles. The summed E-state index contributed by atoms with van der Waals surface area (Å²) in [5.74, 6) is 0.879. The largest absolute Gasteiger partial charge is 0.313 e. The van der Waals surface area contributed by atoms with Crippen LogP contribution >= 0.6 is 0 Å². The van der Waals surface area contributed by atoms with E-state index in [2.05, 4.69) is 23.2 Å². The molecule has 1 heterocycles. The van der Waals surface area contributed by atoms with Crippen LogP contribution in [0, 0.1) is 17.2 Å². The maximum atomic E-state index is 9.19. The Hall–Kier alpha value is -0.590. The lowest BCUT2D eigenvalue weighted by Crippen LogP contribution is -2.43. The minimum atomic E-state index is 0.128. The number of hydrogen-bond acceptors (Lipinski definition) is 3. The fraction of sp³-hybridized carbons (Fsp3) is 0.923. The predicted molar refractivity (Wildman–Crippen MR) is 65.0 cm³/mol. The van der Waals surface area contributed by atoms with Crippen LogP contribution in [0.3, 0.4) is 0 Å². The summed E-state index contributed by atoms with van der Waals surface area (Å²) in [7, 11) is 0. The molecule has 1 aliphatic heterocycles. The van der Waals surface area contributed by atoms with Crippen molar-refractivity contribution < 1.29 is 0 Å². The van der Waals surface area contributed by atoms with Crippen LogP contribution in [0.15, 0.2) is 0 Å². The SMILES string of the molecule is CCC(C#N)N(CC1CC1)CC1CCCN1. The van der Waals surface area contributed by atoms with Crippen molar-refractivity contribution in [3.8, 4) is 6.07 Å². The highest BCUT2D eigenvalue weighted by molar-refractivity contribution is 4.94. The first-order chi connectivity index (χ1) is 7.83. The second kappa shape index (κ2) is 5.65. The second-order valence-electron chi connectivity index (χ2n) is 5.24. The van der Waals surface area contributed by atoms with E-state index in [1.54, 1.807) is 0 Å². The molecule has 2 aliphatic rings. The molecule has 0 aromatic heterocycles. The van der Waals surface area contributed by atoms with Crippen LogP contribution in [0.5, 0.6) is 0 Å². The van der Waals surface area contributed by atoms with Gasteiger partial charge in [0.25, 0.3) is 0 Å². The highest BCUT2D eigenvalue weighted by atomic mass is 15.2. The number of nitrogens with zero attached hydrogens (tertiary/aromatic N) is 2. The van der Waals surface area contributed by atoms with Crippen LogP contribution in [-0.2, 0) is 0 Å². The quantitative estimate of drug-likeness (QED) is 0.742. The fourth-order valence-corrected chi connectivity index (χ4v) is 2.59. The van der Waals surface area contributed by atoms with Gasteiger partial charge in [0.05, 0.1) is 12.1 Å². The zero-order valence-corrected chi connectivity index (χ0v) is 10.3. The normalized spacial score (nSPS) is 26.9. The Bertz CT molecular complexity index is 248. The molecule has 3 heteroatoms. The summed E-state index contributed by atoms with van der Waals surface area (Å²) in [6.07, 6.45) is 6.27. The number of nitrogens with one attached hydrogen (secondary N) is 1. The molecule has 0 aromatic rings. The molecule has 0 amide bonds. The highest BCUT2D eigenvalue weighted by Gasteiger charge is 2.29. The van der Waals surface area contributed by atoms with Crippen LogP contribution in [0.25, 0.3) is 0 Å². The third-order valence-electron chi connectivity index (χ3n) is 3.78. The van der Waals surface area contributed by atoms with E-state index in [1.807, 2.05) is 0 Å². The van der Waals surface area contributed by atoms with E-state index >= 15 is 0 Å².